The van der Waals surface area contributed by atoms with E-state index in [9.17, 15) is 9.59 Å². The number of carbonyl (C=O) groups is 2. The van der Waals surface area contributed by atoms with E-state index in [1.165, 1.54) is 0 Å². The number of rotatable bonds is 3. The predicted octanol–water partition coefficient (Wildman–Crippen LogP) is 0.475. The number of nitrogens with zero attached hydrogens (tertiary/aromatic N) is 2. The molecule has 24 heavy (non-hydrogen) atoms. The summed E-state index contributed by atoms with van der Waals surface area (Å²) in [6, 6.07) is 6.78. The Morgan fingerprint density at radius 1 is 1.33 bits per heavy atom. The van der Waals surface area contributed by atoms with Crippen molar-refractivity contribution in [2.24, 2.45) is 12.8 Å². The molecule has 2 amide bonds. The molecule has 1 fully saturated rings. The fourth-order valence-electron chi connectivity index (χ4n) is 3.30. The number of nitrogens with two attached hydrogens (primary N) is 1. The standard InChI is InChI=1S/C17H22N4O3/c1-19-16(22)14-7-11(18)9-21(14)17(23)15-6-10-4-5-12(24-3)8-13(10)20(15)2/h4-6,8,11,14H,7,9,18H2,1-3H3,(H,19,22)/t11-,14+/m1/s1. The van der Waals surface area contributed by atoms with E-state index in [2.05, 4.69) is 5.32 Å². The molecule has 1 aliphatic heterocycles. The van der Waals surface area contributed by atoms with E-state index in [0.29, 0.717) is 18.7 Å². The number of benzene rings is 1. The van der Waals surface area contributed by atoms with E-state index >= 15 is 0 Å². The van der Waals surface area contributed by atoms with Gasteiger partial charge in [-0.15, -0.1) is 0 Å². The minimum Gasteiger partial charge on any atom is -0.497 e. The molecule has 2 aromatic rings. The van der Waals surface area contributed by atoms with Crippen molar-refractivity contribution in [3.05, 3.63) is 30.0 Å². The van der Waals surface area contributed by atoms with Gasteiger partial charge in [0.2, 0.25) is 5.91 Å². The second-order valence-corrected chi connectivity index (χ2v) is 6.10. The molecule has 0 unspecified atom stereocenters. The molecule has 0 radical (unpaired) electrons. The van der Waals surface area contributed by atoms with Gasteiger partial charge in [-0.05, 0) is 24.6 Å². The molecule has 0 bridgehead atoms. The maximum absolute atomic E-state index is 13.0. The van der Waals surface area contributed by atoms with E-state index in [0.717, 1.165) is 16.7 Å². The first-order chi connectivity index (χ1) is 11.5. The normalized spacial score (nSPS) is 20.4. The van der Waals surface area contributed by atoms with Crippen LogP contribution in [-0.4, -0.2) is 54.1 Å². The Balaban J connectivity index is 1.98. The molecule has 1 aliphatic rings. The van der Waals surface area contributed by atoms with Gasteiger partial charge in [-0.25, -0.2) is 0 Å². The number of aryl methyl sites for hydroxylation is 1. The highest BCUT2D eigenvalue weighted by atomic mass is 16.5. The summed E-state index contributed by atoms with van der Waals surface area (Å²) in [6.07, 6.45) is 0.475. The number of likely N-dealkylation sites (N-methyl/N-ethyl adjacent to an activating group) is 1. The number of aromatic nitrogens is 1. The zero-order valence-electron chi connectivity index (χ0n) is 14.1. The molecule has 0 aliphatic carbocycles. The molecule has 7 heteroatoms. The zero-order valence-corrected chi connectivity index (χ0v) is 14.1. The van der Waals surface area contributed by atoms with Crippen molar-refractivity contribution in [3.63, 3.8) is 0 Å². The zero-order chi connectivity index (χ0) is 17.4. The second kappa shape index (κ2) is 6.16. The first kappa shape index (κ1) is 16.3. The lowest BCUT2D eigenvalue weighted by molar-refractivity contribution is -0.124. The number of likely N-dealkylation sites (tertiary alicyclic amines) is 1. The highest BCUT2D eigenvalue weighted by molar-refractivity contribution is 6.01. The van der Waals surface area contributed by atoms with Crippen LogP contribution in [0.5, 0.6) is 5.75 Å². The highest BCUT2D eigenvalue weighted by Gasteiger charge is 2.38. The molecule has 3 rings (SSSR count). The van der Waals surface area contributed by atoms with Crippen LogP contribution < -0.4 is 15.8 Å². The van der Waals surface area contributed by atoms with Crippen molar-refractivity contribution in [1.29, 1.82) is 0 Å². The van der Waals surface area contributed by atoms with Gasteiger partial charge in [0, 0.05) is 38.1 Å². The monoisotopic (exact) mass is 330 g/mol. The third kappa shape index (κ3) is 2.60. The van der Waals surface area contributed by atoms with Crippen molar-refractivity contribution in [2.75, 3.05) is 20.7 Å². The molecule has 3 N–H and O–H groups in total. The smallest absolute Gasteiger partial charge is 0.271 e. The summed E-state index contributed by atoms with van der Waals surface area (Å²) in [6.45, 7) is 0.377. The number of hydrogen-bond donors (Lipinski definition) is 2. The van der Waals surface area contributed by atoms with Gasteiger partial charge in [0.05, 0.1) is 12.6 Å². The number of carbonyl (C=O) groups excluding carboxylic acids is 2. The summed E-state index contributed by atoms with van der Waals surface area (Å²) in [5, 5.41) is 3.55. The van der Waals surface area contributed by atoms with E-state index in [1.54, 1.807) is 19.1 Å². The van der Waals surface area contributed by atoms with Crippen LogP contribution in [0.2, 0.25) is 0 Å². The van der Waals surface area contributed by atoms with Crippen molar-refractivity contribution < 1.29 is 14.3 Å². The van der Waals surface area contributed by atoms with Crippen LogP contribution in [0.4, 0.5) is 0 Å². The van der Waals surface area contributed by atoms with Crippen molar-refractivity contribution >= 4 is 22.7 Å². The molecular formula is C17H22N4O3. The van der Waals surface area contributed by atoms with E-state index in [4.69, 9.17) is 10.5 Å². The quantitative estimate of drug-likeness (QED) is 0.856. The Hall–Kier alpha value is -2.54. The van der Waals surface area contributed by atoms with Crippen LogP contribution >= 0.6 is 0 Å². The molecule has 0 saturated carbocycles. The van der Waals surface area contributed by atoms with Gasteiger partial charge in [0.15, 0.2) is 0 Å². The van der Waals surface area contributed by atoms with Gasteiger partial charge in [0.25, 0.3) is 5.91 Å². The number of hydrogen-bond acceptors (Lipinski definition) is 4. The average Bonchev–Trinajstić information content (AvgIpc) is 3.14. The third-order valence-corrected chi connectivity index (χ3v) is 4.62. The van der Waals surface area contributed by atoms with Gasteiger partial charge in [-0.3, -0.25) is 9.59 Å². The molecule has 128 valence electrons. The van der Waals surface area contributed by atoms with Crippen LogP contribution in [0.15, 0.2) is 24.3 Å². The molecule has 0 spiro atoms. The fraction of sp³-hybridized carbons (Fsp3) is 0.412. The lowest BCUT2D eigenvalue weighted by Gasteiger charge is -2.23. The molecule has 1 aromatic carbocycles. The van der Waals surface area contributed by atoms with Gasteiger partial charge in [-0.2, -0.15) is 0 Å². The SMILES string of the molecule is CNC(=O)[C@@H]1C[C@@H](N)CN1C(=O)c1cc2ccc(OC)cc2n1C. The lowest BCUT2D eigenvalue weighted by Crippen LogP contribution is -2.45. The Labute approximate surface area is 140 Å². The van der Waals surface area contributed by atoms with Crippen molar-refractivity contribution in [3.8, 4) is 5.75 Å². The largest absolute Gasteiger partial charge is 0.497 e. The molecule has 2 atom stereocenters. The predicted molar refractivity (Wildman–Crippen MR) is 91.0 cm³/mol. The maximum Gasteiger partial charge on any atom is 0.271 e. The summed E-state index contributed by atoms with van der Waals surface area (Å²) in [5.74, 6) is 0.361. The Kier molecular flexibility index (Phi) is 4.19. The Bertz CT molecular complexity index is 798. The number of nitrogens with one attached hydrogen (secondary N) is 1. The third-order valence-electron chi connectivity index (χ3n) is 4.62. The lowest BCUT2D eigenvalue weighted by atomic mass is 10.1. The topological polar surface area (TPSA) is 89.6 Å². The summed E-state index contributed by atoms with van der Waals surface area (Å²) < 4.78 is 7.07. The van der Waals surface area contributed by atoms with Crippen LogP contribution in [0.1, 0.15) is 16.9 Å². The van der Waals surface area contributed by atoms with E-state index in [-0.39, 0.29) is 17.9 Å². The number of amides is 2. The Morgan fingerprint density at radius 3 is 2.75 bits per heavy atom. The van der Waals surface area contributed by atoms with Crippen molar-refractivity contribution in [2.45, 2.75) is 18.5 Å². The minimum atomic E-state index is -0.523. The van der Waals surface area contributed by atoms with Crippen LogP contribution in [-0.2, 0) is 11.8 Å². The second-order valence-electron chi connectivity index (χ2n) is 6.10. The number of ether oxygens (including phenoxy) is 1. The average molecular weight is 330 g/mol. The molecule has 7 nitrogen and oxygen atoms in total. The first-order valence-corrected chi connectivity index (χ1v) is 7.88. The number of fused-ring (bicyclic) bond motifs is 1. The highest BCUT2D eigenvalue weighted by Crippen LogP contribution is 2.26. The fourth-order valence-corrected chi connectivity index (χ4v) is 3.30. The van der Waals surface area contributed by atoms with E-state index < -0.39 is 6.04 Å². The summed E-state index contributed by atoms with van der Waals surface area (Å²) in [5.41, 5.74) is 7.41. The molecule has 1 aromatic heterocycles. The summed E-state index contributed by atoms with van der Waals surface area (Å²) in [4.78, 5) is 26.6. The van der Waals surface area contributed by atoms with Gasteiger partial charge >= 0.3 is 0 Å². The van der Waals surface area contributed by atoms with Crippen molar-refractivity contribution in [1.82, 2.24) is 14.8 Å². The molecular weight excluding hydrogens is 308 g/mol. The number of methoxy groups -OCH3 is 1. The maximum atomic E-state index is 13.0. The summed E-state index contributed by atoms with van der Waals surface area (Å²) >= 11 is 0. The van der Waals surface area contributed by atoms with Gasteiger partial charge in [0.1, 0.15) is 17.5 Å². The van der Waals surface area contributed by atoms with Crippen LogP contribution in [0.3, 0.4) is 0 Å². The first-order valence-electron chi connectivity index (χ1n) is 7.88. The Morgan fingerprint density at radius 2 is 2.08 bits per heavy atom. The van der Waals surface area contributed by atoms with Gasteiger partial charge in [-0.1, -0.05) is 0 Å². The van der Waals surface area contributed by atoms with Crippen LogP contribution in [0, 0.1) is 0 Å². The minimum absolute atomic E-state index is 0.184. The molecule has 2 heterocycles. The van der Waals surface area contributed by atoms with Crippen LogP contribution in [0.25, 0.3) is 10.9 Å². The summed E-state index contributed by atoms with van der Waals surface area (Å²) in [7, 11) is 5.01. The van der Waals surface area contributed by atoms with Gasteiger partial charge < -0.3 is 25.3 Å². The molecule has 1 saturated heterocycles. The van der Waals surface area contributed by atoms with E-state index in [1.807, 2.05) is 35.9 Å².